The molecule has 20 heavy (non-hydrogen) atoms. The lowest BCUT2D eigenvalue weighted by molar-refractivity contribution is 0.0935. The maximum Gasteiger partial charge on any atom is 0.272 e. The first-order chi connectivity index (χ1) is 9.53. The molecule has 0 aliphatic heterocycles. The van der Waals surface area contributed by atoms with E-state index in [4.69, 9.17) is 0 Å². The van der Waals surface area contributed by atoms with Crippen molar-refractivity contribution < 1.29 is 4.79 Å². The van der Waals surface area contributed by atoms with Gasteiger partial charge in [-0.1, -0.05) is 20.8 Å². The van der Waals surface area contributed by atoms with Gasteiger partial charge in [-0.05, 0) is 12.7 Å². The molecule has 5 nitrogen and oxygen atoms in total. The van der Waals surface area contributed by atoms with Crippen LogP contribution in [0.25, 0.3) is 0 Å². The van der Waals surface area contributed by atoms with E-state index in [1.54, 1.807) is 25.0 Å². The monoisotopic (exact) mass is 296 g/mol. The smallest absolute Gasteiger partial charge is 0.272 e. The zero-order chi connectivity index (χ0) is 15.1. The molecule has 0 spiro atoms. The summed E-state index contributed by atoms with van der Waals surface area (Å²) in [5.74, 6) is 1.64. The van der Waals surface area contributed by atoms with Gasteiger partial charge in [-0.3, -0.25) is 4.79 Å². The van der Waals surface area contributed by atoms with Gasteiger partial charge in [-0.2, -0.15) is 11.8 Å². The van der Waals surface area contributed by atoms with Crippen LogP contribution in [-0.4, -0.2) is 41.0 Å². The lowest BCUT2D eigenvalue weighted by Gasteiger charge is -2.17. The van der Waals surface area contributed by atoms with Crippen molar-refractivity contribution in [1.82, 2.24) is 15.3 Å². The molecule has 112 valence electrons. The predicted octanol–water partition coefficient (Wildman–Crippen LogP) is 2.51. The van der Waals surface area contributed by atoms with Gasteiger partial charge in [0.1, 0.15) is 5.82 Å². The van der Waals surface area contributed by atoms with Crippen LogP contribution in [0.15, 0.2) is 6.20 Å². The molecule has 1 heterocycles. The van der Waals surface area contributed by atoms with Crippen LogP contribution < -0.4 is 10.6 Å². The average Bonchev–Trinajstić information content (AvgIpc) is 2.45. The van der Waals surface area contributed by atoms with Crippen molar-refractivity contribution in [2.75, 3.05) is 24.4 Å². The number of hydrogen-bond donors (Lipinski definition) is 2. The molecule has 2 N–H and O–H groups in total. The number of thioether (sulfide) groups is 1. The van der Waals surface area contributed by atoms with Crippen molar-refractivity contribution in [3.8, 4) is 0 Å². The summed E-state index contributed by atoms with van der Waals surface area (Å²) in [5, 5.41) is 6.01. The van der Waals surface area contributed by atoms with E-state index in [0.717, 1.165) is 12.2 Å². The van der Waals surface area contributed by atoms with Crippen molar-refractivity contribution in [2.45, 2.75) is 39.2 Å². The zero-order valence-electron chi connectivity index (χ0n) is 12.9. The second kappa shape index (κ2) is 8.09. The van der Waals surface area contributed by atoms with Crippen LogP contribution in [0.4, 0.5) is 5.69 Å². The minimum Gasteiger partial charge on any atom is -0.385 e. The van der Waals surface area contributed by atoms with Gasteiger partial charge in [0.15, 0.2) is 5.69 Å². The summed E-state index contributed by atoms with van der Waals surface area (Å²) in [6.45, 7) is 6.09. The van der Waals surface area contributed by atoms with E-state index >= 15 is 0 Å². The fourth-order valence-corrected chi connectivity index (χ4v) is 2.47. The van der Waals surface area contributed by atoms with Crippen LogP contribution in [0.1, 0.15) is 49.4 Å². The first-order valence-corrected chi connectivity index (χ1v) is 8.27. The van der Waals surface area contributed by atoms with Gasteiger partial charge in [-0.25, -0.2) is 9.97 Å². The number of rotatable bonds is 7. The second-order valence-electron chi connectivity index (χ2n) is 4.93. The molecule has 0 aliphatic rings. The molecule has 0 aromatic carbocycles. The first-order valence-electron chi connectivity index (χ1n) is 6.87. The fraction of sp³-hybridized carbons (Fsp3) is 0.643. The number of aromatic nitrogens is 2. The third kappa shape index (κ3) is 4.37. The Bertz CT molecular complexity index is 451. The molecule has 1 atom stereocenters. The summed E-state index contributed by atoms with van der Waals surface area (Å²) in [7, 11) is 1.77. The molecule has 0 bridgehead atoms. The van der Waals surface area contributed by atoms with Crippen LogP contribution in [0.5, 0.6) is 0 Å². The maximum absolute atomic E-state index is 12.4. The number of carbonyl (C=O) groups is 1. The Kier molecular flexibility index (Phi) is 6.78. The van der Waals surface area contributed by atoms with Crippen molar-refractivity contribution >= 4 is 23.4 Å². The van der Waals surface area contributed by atoms with E-state index in [1.807, 2.05) is 20.1 Å². The molecule has 1 aromatic heterocycles. The minimum atomic E-state index is -0.139. The Morgan fingerprint density at radius 2 is 2.15 bits per heavy atom. The van der Waals surface area contributed by atoms with Crippen LogP contribution in [0.2, 0.25) is 0 Å². The predicted molar refractivity (Wildman–Crippen MR) is 85.6 cm³/mol. The van der Waals surface area contributed by atoms with Crippen molar-refractivity contribution in [2.24, 2.45) is 0 Å². The van der Waals surface area contributed by atoms with Crippen molar-refractivity contribution in [3.05, 3.63) is 17.7 Å². The third-order valence-electron chi connectivity index (χ3n) is 3.00. The van der Waals surface area contributed by atoms with Crippen LogP contribution in [-0.2, 0) is 0 Å². The average molecular weight is 296 g/mol. The normalized spacial score (nSPS) is 12.3. The summed E-state index contributed by atoms with van der Waals surface area (Å²) in [6, 6.07) is 0.166. The largest absolute Gasteiger partial charge is 0.385 e. The number of hydrogen-bond acceptors (Lipinski definition) is 5. The highest BCUT2D eigenvalue weighted by Crippen LogP contribution is 2.16. The molecule has 0 saturated heterocycles. The molecule has 0 aliphatic carbocycles. The van der Waals surface area contributed by atoms with Gasteiger partial charge in [0.05, 0.1) is 11.9 Å². The topological polar surface area (TPSA) is 66.9 Å². The Hall–Kier alpha value is -1.30. The van der Waals surface area contributed by atoms with E-state index in [9.17, 15) is 4.79 Å². The van der Waals surface area contributed by atoms with E-state index in [0.29, 0.717) is 17.2 Å². The van der Waals surface area contributed by atoms with E-state index in [-0.39, 0.29) is 17.9 Å². The SMILES string of the molecule is CCC(CSC)NC(=O)c1nc(C(C)C)ncc1NC. The molecule has 0 radical (unpaired) electrons. The van der Waals surface area contributed by atoms with Crippen molar-refractivity contribution in [3.63, 3.8) is 0 Å². The molecular formula is C14H24N4OS. The van der Waals surface area contributed by atoms with E-state index in [2.05, 4.69) is 27.5 Å². The molecule has 1 amide bonds. The number of amides is 1. The van der Waals surface area contributed by atoms with Gasteiger partial charge in [0.2, 0.25) is 0 Å². The minimum absolute atomic E-state index is 0.139. The van der Waals surface area contributed by atoms with Crippen molar-refractivity contribution in [1.29, 1.82) is 0 Å². The number of carbonyl (C=O) groups excluding carboxylic acids is 1. The first kappa shape index (κ1) is 16.8. The van der Waals surface area contributed by atoms with Gasteiger partial charge >= 0.3 is 0 Å². The summed E-state index contributed by atoms with van der Waals surface area (Å²) in [4.78, 5) is 21.1. The Morgan fingerprint density at radius 1 is 1.45 bits per heavy atom. The zero-order valence-corrected chi connectivity index (χ0v) is 13.7. The highest BCUT2D eigenvalue weighted by Gasteiger charge is 2.18. The second-order valence-corrected chi connectivity index (χ2v) is 5.84. The molecule has 6 heteroatoms. The summed E-state index contributed by atoms with van der Waals surface area (Å²) < 4.78 is 0. The molecule has 1 rings (SSSR count). The highest BCUT2D eigenvalue weighted by atomic mass is 32.2. The Morgan fingerprint density at radius 3 is 2.65 bits per heavy atom. The number of nitrogens with zero attached hydrogens (tertiary/aromatic N) is 2. The van der Waals surface area contributed by atoms with Crippen LogP contribution in [0, 0.1) is 0 Å². The van der Waals surface area contributed by atoms with Gasteiger partial charge in [0, 0.05) is 24.8 Å². The molecule has 1 aromatic rings. The summed E-state index contributed by atoms with van der Waals surface area (Å²) in [5.41, 5.74) is 1.08. The molecule has 0 saturated carbocycles. The van der Waals surface area contributed by atoms with Crippen LogP contribution in [0.3, 0.4) is 0 Å². The quantitative estimate of drug-likeness (QED) is 0.809. The fourth-order valence-electron chi connectivity index (χ4n) is 1.75. The lowest BCUT2D eigenvalue weighted by Crippen LogP contribution is -2.37. The molecular weight excluding hydrogens is 272 g/mol. The Balaban J connectivity index is 2.97. The lowest BCUT2D eigenvalue weighted by atomic mass is 10.2. The standard InChI is InChI=1S/C14H24N4OS/c1-6-10(8-20-5)17-14(19)12-11(15-4)7-16-13(18-12)9(2)3/h7,9-10,15H,6,8H2,1-5H3,(H,17,19). The number of anilines is 1. The van der Waals surface area contributed by atoms with Gasteiger partial charge in [-0.15, -0.1) is 0 Å². The Labute approximate surface area is 125 Å². The summed E-state index contributed by atoms with van der Waals surface area (Å²) in [6.07, 6.45) is 4.62. The van der Waals surface area contributed by atoms with Gasteiger partial charge < -0.3 is 10.6 Å². The van der Waals surface area contributed by atoms with E-state index < -0.39 is 0 Å². The third-order valence-corrected chi connectivity index (χ3v) is 3.74. The highest BCUT2D eigenvalue weighted by molar-refractivity contribution is 7.98. The summed E-state index contributed by atoms with van der Waals surface area (Å²) >= 11 is 1.73. The number of nitrogens with one attached hydrogen (secondary N) is 2. The maximum atomic E-state index is 12.4. The van der Waals surface area contributed by atoms with Gasteiger partial charge in [0.25, 0.3) is 5.91 Å². The van der Waals surface area contributed by atoms with Crippen LogP contribution >= 0.6 is 11.8 Å². The van der Waals surface area contributed by atoms with E-state index in [1.165, 1.54) is 0 Å². The molecule has 0 fully saturated rings. The molecule has 1 unspecified atom stereocenters.